The number of carbonyl (C=O) groups is 5. The van der Waals surface area contributed by atoms with E-state index in [9.17, 15) is 24.0 Å². The lowest BCUT2D eigenvalue weighted by Gasteiger charge is -2.30. The number of hydrogen-bond acceptors (Lipinski definition) is 12. The highest BCUT2D eigenvalue weighted by Crippen LogP contribution is 2.24. The zero-order valence-electron chi connectivity index (χ0n) is 32.5. The van der Waals surface area contributed by atoms with Crippen molar-refractivity contribution in [3.05, 3.63) is 90.0 Å². The molecule has 14 heteroatoms. The Bertz CT molecular complexity index is 1760. The summed E-state index contributed by atoms with van der Waals surface area (Å²) in [7, 11) is 5.01. The molecule has 1 atom stereocenters. The van der Waals surface area contributed by atoms with E-state index in [1.807, 2.05) is 43.3 Å². The van der Waals surface area contributed by atoms with E-state index in [1.54, 1.807) is 90.1 Å². The van der Waals surface area contributed by atoms with E-state index < -0.39 is 47.4 Å². The van der Waals surface area contributed by atoms with Crippen molar-refractivity contribution in [3.63, 3.8) is 0 Å². The van der Waals surface area contributed by atoms with Crippen LogP contribution in [0, 0.1) is 0 Å². The zero-order chi connectivity index (χ0) is 40.1. The van der Waals surface area contributed by atoms with Crippen LogP contribution in [0.5, 0.6) is 0 Å². The minimum atomic E-state index is -1.43. The highest BCUT2D eigenvalue weighted by atomic mass is 16.6. The van der Waals surface area contributed by atoms with Crippen molar-refractivity contribution >= 4 is 47.2 Å². The molecule has 290 valence electrons. The number of unbranched alkanes of at least 4 members (excludes halogenated alkanes) is 1. The van der Waals surface area contributed by atoms with Gasteiger partial charge in [0.2, 0.25) is 0 Å². The van der Waals surface area contributed by atoms with Gasteiger partial charge >= 0.3 is 24.2 Å². The van der Waals surface area contributed by atoms with Gasteiger partial charge in [0.25, 0.3) is 5.91 Å². The minimum absolute atomic E-state index is 0.0892. The Morgan fingerprint density at radius 1 is 0.704 bits per heavy atom. The van der Waals surface area contributed by atoms with Crippen molar-refractivity contribution in [2.45, 2.75) is 84.7 Å². The molecule has 0 aliphatic carbocycles. The topological polar surface area (TPSA) is 157 Å². The Morgan fingerprint density at radius 2 is 1.31 bits per heavy atom. The fourth-order valence-corrected chi connectivity index (χ4v) is 4.91. The van der Waals surface area contributed by atoms with Crippen LogP contribution in [0.1, 0.15) is 76.7 Å². The molecule has 54 heavy (non-hydrogen) atoms. The standard InChI is InChI=1S/C40H51N5O9/c1-39(2,3)53-36(48)44(34(46)29-18-15-19-31(26-29)42-41-30-21-23-32(24-22-30)43(7)8)25-14-13-20-33(35(47)51-9)45(38(50)54-40(4,5)6)37(49)52-27-28-16-11-10-12-17-28/h10-12,15-19,21-24,26,33H,13-14,20,25,27H2,1-9H3/t33-/m0/s1. The van der Waals surface area contributed by atoms with Crippen LogP contribution in [0.4, 0.5) is 31.4 Å². The second-order valence-corrected chi connectivity index (χ2v) is 14.5. The van der Waals surface area contributed by atoms with E-state index in [1.165, 1.54) is 6.07 Å². The molecular formula is C40H51N5O9. The van der Waals surface area contributed by atoms with E-state index in [4.69, 9.17) is 18.9 Å². The van der Waals surface area contributed by atoms with Gasteiger partial charge in [0, 0.05) is 31.9 Å². The van der Waals surface area contributed by atoms with Gasteiger partial charge in [-0.1, -0.05) is 36.4 Å². The van der Waals surface area contributed by atoms with Crippen LogP contribution >= 0.6 is 0 Å². The number of ether oxygens (including phenoxy) is 4. The molecule has 3 aromatic carbocycles. The van der Waals surface area contributed by atoms with Crippen molar-refractivity contribution in [1.82, 2.24) is 9.80 Å². The summed E-state index contributed by atoms with van der Waals surface area (Å²) in [6.07, 6.45) is -2.82. The molecule has 0 aliphatic heterocycles. The molecule has 0 heterocycles. The molecule has 0 N–H and O–H groups in total. The van der Waals surface area contributed by atoms with Crippen LogP contribution in [0.15, 0.2) is 89.1 Å². The van der Waals surface area contributed by atoms with Gasteiger partial charge in [0.1, 0.15) is 23.9 Å². The number of amides is 4. The number of rotatable bonds is 13. The number of anilines is 1. The minimum Gasteiger partial charge on any atom is -0.467 e. The summed E-state index contributed by atoms with van der Waals surface area (Å²) in [5.41, 5.74) is 0.950. The number of hydrogen-bond donors (Lipinski definition) is 0. The van der Waals surface area contributed by atoms with Crippen molar-refractivity contribution in [2.24, 2.45) is 10.2 Å². The lowest BCUT2D eigenvalue weighted by molar-refractivity contribution is -0.146. The first-order valence-electron chi connectivity index (χ1n) is 17.5. The number of azo groups is 1. The van der Waals surface area contributed by atoms with Crippen molar-refractivity contribution in [2.75, 3.05) is 32.6 Å². The summed E-state index contributed by atoms with van der Waals surface area (Å²) in [6, 6.07) is 21.2. The Balaban J connectivity index is 1.80. The van der Waals surface area contributed by atoms with Gasteiger partial charge in [0.05, 0.1) is 18.5 Å². The first-order chi connectivity index (χ1) is 25.4. The van der Waals surface area contributed by atoms with Crippen LogP contribution < -0.4 is 4.90 Å². The second kappa shape index (κ2) is 19.3. The molecule has 0 fully saturated rings. The fourth-order valence-electron chi connectivity index (χ4n) is 4.91. The van der Waals surface area contributed by atoms with E-state index in [-0.39, 0.29) is 38.0 Å². The lowest BCUT2D eigenvalue weighted by atomic mass is 10.1. The number of methoxy groups -OCH3 is 1. The third kappa shape index (κ3) is 13.6. The molecule has 0 aliphatic rings. The van der Waals surface area contributed by atoms with Crippen LogP contribution in [-0.4, -0.2) is 84.9 Å². The smallest absolute Gasteiger partial charge is 0.420 e. The summed E-state index contributed by atoms with van der Waals surface area (Å²) < 4.78 is 21.4. The predicted molar refractivity (Wildman–Crippen MR) is 203 cm³/mol. The van der Waals surface area contributed by atoms with Gasteiger partial charge < -0.3 is 23.8 Å². The zero-order valence-corrected chi connectivity index (χ0v) is 32.5. The van der Waals surface area contributed by atoms with Gasteiger partial charge in [-0.2, -0.15) is 15.1 Å². The van der Waals surface area contributed by atoms with Crippen LogP contribution in [0.25, 0.3) is 0 Å². The highest BCUT2D eigenvalue weighted by molar-refractivity contribution is 6.03. The molecule has 0 bridgehead atoms. The maximum Gasteiger partial charge on any atom is 0.420 e. The van der Waals surface area contributed by atoms with Crippen LogP contribution in [0.2, 0.25) is 0 Å². The SMILES string of the molecule is COC(=O)[C@H](CCCCN(C(=O)OC(C)(C)C)C(=O)c1cccc(N=Nc2ccc(N(C)C)cc2)c1)N(C(=O)OCc1ccccc1)C(=O)OC(C)(C)C. The summed E-state index contributed by atoms with van der Waals surface area (Å²) in [4.78, 5) is 70.5. The number of nitrogens with zero attached hydrogens (tertiary/aromatic N) is 5. The maximum atomic E-state index is 13.8. The summed E-state index contributed by atoms with van der Waals surface area (Å²) in [5, 5.41) is 8.55. The highest BCUT2D eigenvalue weighted by Gasteiger charge is 2.39. The molecule has 3 aromatic rings. The van der Waals surface area contributed by atoms with E-state index >= 15 is 0 Å². The molecule has 0 aromatic heterocycles. The Labute approximate surface area is 317 Å². The van der Waals surface area contributed by atoms with Gasteiger partial charge in [-0.15, -0.1) is 0 Å². The van der Waals surface area contributed by atoms with E-state index in [0.29, 0.717) is 21.8 Å². The van der Waals surface area contributed by atoms with Crippen molar-refractivity contribution < 1.29 is 42.9 Å². The van der Waals surface area contributed by atoms with Crippen molar-refractivity contribution in [3.8, 4) is 0 Å². The lowest BCUT2D eigenvalue weighted by Crippen LogP contribution is -2.51. The average molecular weight is 746 g/mol. The second-order valence-electron chi connectivity index (χ2n) is 14.5. The third-order valence-electron chi connectivity index (χ3n) is 7.49. The molecule has 0 unspecified atom stereocenters. The first-order valence-corrected chi connectivity index (χ1v) is 17.5. The number of esters is 1. The predicted octanol–water partition coefficient (Wildman–Crippen LogP) is 8.83. The first kappa shape index (κ1) is 42.6. The van der Waals surface area contributed by atoms with Gasteiger partial charge in [-0.25, -0.2) is 24.1 Å². The Hall–Kier alpha value is -5.79. The van der Waals surface area contributed by atoms with Gasteiger partial charge in [-0.3, -0.25) is 4.79 Å². The average Bonchev–Trinajstić information content (AvgIpc) is 3.11. The third-order valence-corrected chi connectivity index (χ3v) is 7.49. The van der Waals surface area contributed by atoms with Crippen molar-refractivity contribution in [1.29, 1.82) is 0 Å². The molecular weight excluding hydrogens is 694 g/mol. The largest absolute Gasteiger partial charge is 0.467 e. The van der Waals surface area contributed by atoms with Gasteiger partial charge in [0.15, 0.2) is 0 Å². The summed E-state index contributed by atoms with van der Waals surface area (Å²) in [5.74, 6) is -1.52. The molecule has 0 saturated heterocycles. The normalized spacial score (nSPS) is 12.0. The molecule has 0 saturated carbocycles. The molecule has 4 amide bonds. The Morgan fingerprint density at radius 3 is 1.91 bits per heavy atom. The molecule has 3 rings (SSSR count). The Kier molecular flexibility index (Phi) is 15.3. The number of imide groups is 2. The fraction of sp³-hybridized carbons (Fsp3) is 0.425. The number of benzene rings is 3. The summed E-state index contributed by atoms with van der Waals surface area (Å²) >= 11 is 0. The number of carbonyl (C=O) groups excluding carboxylic acids is 5. The van der Waals surface area contributed by atoms with E-state index in [0.717, 1.165) is 17.7 Å². The monoisotopic (exact) mass is 745 g/mol. The molecule has 14 nitrogen and oxygen atoms in total. The van der Waals surface area contributed by atoms with E-state index in [2.05, 4.69) is 10.2 Å². The van der Waals surface area contributed by atoms with Crippen LogP contribution in [-0.2, 0) is 30.3 Å². The quantitative estimate of drug-likeness (QED) is 0.0717. The molecule has 0 radical (unpaired) electrons. The maximum absolute atomic E-state index is 13.8. The van der Waals surface area contributed by atoms with Crippen LogP contribution in [0.3, 0.4) is 0 Å². The molecule has 0 spiro atoms. The van der Waals surface area contributed by atoms with Gasteiger partial charge in [-0.05, 0) is 109 Å². The summed E-state index contributed by atoms with van der Waals surface area (Å²) in [6.45, 7) is 9.64.